The molecular formula is C18H24N4O2. The number of β-amino-alcohol motifs (C(OH)–C–C–N with tert-alkyl or cyclic N) is 1. The Morgan fingerprint density at radius 2 is 2.17 bits per heavy atom. The van der Waals surface area contributed by atoms with E-state index in [0.717, 1.165) is 36.5 Å². The number of hydrogen-bond acceptors (Lipinski definition) is 4. The molecule has 0 unspecified atom stereocenters. The van der Waals surface area contributed by atoms with E-state index in [9.17, 15) is 9.90 Å². The number of rotatable bonds is 5. The maximum absolute atomic E-state index is 12.0. The smallest absolute Gasteiger partial charge is 0.234 e. The highest BCUT2D eigenvalue weighted by Crippen LogP contribution is 2.12. The molecule has 0 aliphatic carbocycles. The summed E-state index contributed by atoms with van der Waals surface area (Å²) < 4.78 is 2.02. The zero-order valence-corrected chi connectivity index (χ0v) is 14.0. The van der Waals surface area contributed by atoms with Gasteiger partial charge in [0.05, 0.1) is 12.6 Å². The number of aliphatic hydroxyl groups excluding tert-OH is 1. The van der Waals surface area contributed by atoms with Crippen molar-refractivity contribution in [3.05, 3.63) is 48.0 Å². The van der Waals surface area contributed by atoms with Gasteiger partial charge in [-0.2, -0.15) is 0 Å². The molecule has 1 aromatic carbocycles. The average Bonchev–Trinajstić information content (AvgIpc) is 2.99. The Hall–Kier alpha value is -2.18. The Bertz CT molecular complexity index is 681. The summed E-state index contributed by atoms with van der Waals surface area (Å²) in [4.78, 5) is 18.3. The number of likely N-dealkylation sites (tertiary alicyclic amines) is 1. The molecule has 2 heterocycles. The van der Waals surface area contributed by atoms with Crippen molar-refractivity contribution in [3.8, 4) is 5.69 Å². The molecule has 1 amide bonds. The summed E-state index contributed by atoms with van der Waals surface area (Å²) in [6.45, 7) is 4.29. The van der Waals surface area contributed by atoms with Gasteiger partial charge in [0, 0.05) is 31.2 Å². The van der Waals surface area contributed by atoms with Crippen molar-refractivity contribution in [1.29, 1.82) is 0 Å². The number of carbonyl (C=O) groups is 1. The minimum Gasteiger partial charge on any atom is -0.392 e. The summed E-state index contributed by atoms with van der Waals surface area (Å²) in [5, 5.41) is 12.6. The number of aryl methyl sites for hydroxylation is 1. The Balaban J connectivity index is 1.49. The van der Waals surface area contributed by atoms with Crippen molar-refractivity contribution in [2.75, 3.05) is 19.6 Å². The first kappa shape index (κ1) is 16.7. The number of nitrogens with zero attached hydrogens (tertiary/aromatic N) is 3. The third-order valence-corrected chi connectivity index (χ3v) is 4.38. The zero-order chi connectivity index (χ0) is 16.9. The van der Waals surface area contributed by atoms with Crippen molar-refractivity contribution < 1.29 is 9.90 Å². The maximum Gasteiger partial charge on any atom is 0.234 e. The lowest BCUT2D eigenvalue weighted by molar-refractivity contribution is -0.123. The van der Waals surface area contributed by atoms with Crippen LogP contribution in [0.4, 0.5) is 0 Å². The van der Waals surface area contributed by atoms with Gasteiger partial charge in [-0.05, 0) is 44.0 Å². The van der Waals surface area contributed by atoms with Crippen LogP contribution in [0.2, 0.25) is 0 Å². The van der Waals surface area contributed by atoms with Gasteiger partial charge in [0.25, 0.3) is 0 Å². The van der Waals surface area contributed by atoms with Gasteiger partial charge in [0.15, 0.2) is 0 Å². The molecule has 1 saturated heterocycles. The molecule has 0 bridgehead atoms. The lowest BCUT2D eigenvalue weighted by atomic mass is 10.1. The largest absolute Gasteiger partial charge is 0.392 e. The van der Waals surface area contributed by atoms with Crippen LogP contribution in [0.5, 0.6) is 0 Å². The third-order valence-electron chi connectivity index (χ3n) is 4.38. The van der Waals surface area contributed by atoms with Crippen molar-refractivity contribution in [2.45, 2.75) is 32.4 Å². The summed E-state index contributed by atoms with van der Waals surface area (Å²) >= 11 is 0. The van der Waals surface area contributed by atoms with E-state index in [-0.39, 0.29) is 12.0 Å². The van der Waals surface area contributed by atoms with E-state index < -0.39 is 0 Å². The predicted molar refractivity (Wildman–Crippen MR) is 91.8 cm³/mol. The van der Waals surface area contributed by atoms with Crippen molar-refractivity contribution in [3.63, 3.8) is 0 Å². The van der Waals surface area contributed by atoms with Gasteiger partial charge in [-0.15, -0.1) is 0 Å². The van der Waals surface area contributed by atoms with Gasteiger partial charge < -0.3 is 15.0 Å². The Morgan fingerprint density at radius 1 is 1.38 bits per heavy atom. The van der Waals surface area contributed by atoms with Crippen LogP contribution in [0.1, 0.15) is 24.2 Å². The van der Waals surface area contributed by atoms with Gasteiger partial charge in [0.1, 0.15) is 5.82 Å². The third kappa shape index (κ3) is 4.21. The molecule has 1 atom stereocenters. The number of benzene rings is 1. The topological polar surface area (TPSA) is 70.4 Å². The molecule has 0 radical (unpaired) electrons. The van der Waals surface area contributed by atoms with E-state index in [4.69, 9.17) is 0 Å². The number of nitrogens with one attached hydrogen (secondary N) is 1. The molecule has 6 heteroatoms. The van der Waals surface area contributed by atoms with Crippen LogP contribution in [-0.2, 0) is 11.3 Å². The number of imidazole rings is 1. The first-order valence-corrected chi connectivity index (χ1v) is 8.38. The highest BCUT2D eigenvalue weighted by Gasteiger charge is 2.19. The van der Waals surface area contributed by atoms with E-state index in [0.29, 0.717) is 19.6 Å². The summed E-state index contributed by atoms with van der Waals surface area (Å²) in [6, 6.07) is 8.08. The lowest BCUT2D eigenvalue weighted by Crippen LogP contribution is -2.44. The molecule has 6 nitrogen and oxygen atoms in total. The highest BCUT2D eigenvalue weighted by molar-refractivity contribution is 5.78. The molecular weight excluding hydrogens is 304 g/mol. The molecule has 2 aromatic rings. The summed E-state index contributed by atoms with van der Waals surface area (Å²) in [5.41, 5.74) is 2.12. The number of carbonyl (C=O) groups excluding carboxylic acids is 1. The summed E-state index contributed by atoms with van der Waals surface area (Å²) in [7, 11) is 0. The zero-order valence-electron chi connectivity index (χ0n) is 14.0. The molecule has 1 aromatic heterocycles. The standard InChI is InChI=1S/C18H24N4O2/c1-14-19-8-10-22(14)16-6-4-15(5-7-16)11-20-18(24)13-21-9-2-3-17(23)12-21/h4-8,10,17,23H,2-3,9,11-13H2,1H3,(H,20,24)/t17-/m1/s1. The predicted octanol–water partition coefficient (Wildman–Crippen LogP) is 1.25. The average molecular weight is 328 g/mol. The Kier molecular flexibility index (Phi) is 5.27. The fourth-order valence-corrected chi connectivity index (χ4v) is 3.06. The van der Waals surface area contributed by atoms with Crippen LogP contribution in [-0.4, -0.2) is 51.2 Å². The minimum atomic E-state index is -0.300. The van der Waals surface area contributed by atoms with Crippen molar-refractivity contribution in [1.82, 2.24) is 19.8 Å². The van der Waals surface area contributed by atoms with Crippen LogP contribution < -0.4 is 5.32 Å². The second-order valence-corrected chi connectivity index (χ2v) is 6.32. The Labute approximate surface area is 142 Å². The number of aliphatic hydroxyl groups is 1. The van der Waals surface area contributed by atoms with E-state index in [1.807, 2.05) is 46.9 Å². The van der Waals surface area contributed by atoms with Gasteiger partial charge in [0.2, 0.25) is 5.91 Å². The SMILES string of the molecule is Cc1nccn1-c1ccc(CNC(=O)CN2CCC[C@@H](O)C2)cc1. The van der Waals surface area contributed by atoms with Crippen LogP contribution in [0, 0.1) is 6.92 Å². The fraction of sp³-hybridized carbons (Fsp3) is 0.444. The van der Waals surface area contributed by atoms with Crippen LogP contribution in [0.3, 0.4) is 0 Å². The van der Waals surface area contributed by atoms with Gasteiger partial charge in [-0.1, -0.05) is 12.1 Å². The van der Waals surface area contributed by atoms with E-state index in [2.05, 4.69) is 10.3 Å². The quantitative estimate of drug-likeness (QED) is 0.867. The molecule has 24 heavy (non-hydrogen) atoms. The molecule has 1 aliphatic heterocycles. The molecule has 2 N–H and O–H groups in total. The maximum atomic E-state index is 12.0. The van der Waals surface area contributed by atoms with Crippen LogP contribution in [0.25, 0.3) is 5.69 Å². The number of hydrogen-bond donors (Lipinski definition) is 2. The summed E-state index contributed by atoms with van der Waals surface area (Å²) in [5.74, 6) is 0.943. The second kappa shape index (κ2) is 7.59. The normalized spacial score (nSPS) is 18.5. The van der Waals surface area contributed by atoms with Gasteiger partial charge in [-0.25, -0.2) is 4.98 Å². The molecule has 1 aliphatic rings. The van der Waals surface area contributed by atoms with Gasteiger partial charge >= 0.3 is 0 Å². The summed E-state index contributed by atoms with van der Waals surface area (Å²) in [6.07, 6.45) is 5.19. The monoisotopic (exact) mass is 328 g/mol. The second-order valence-electron chi connectivity index (χ2n) is 6.32. The molecule has 1 fully saturated rings. The number of piperidine rings is 1. The van der Waals surface area contributed by atoms with Crippen LogP contribution >= 0.6 is 0 Å². The molecule has 0 spiro atoms. The number of aromatic nitrogens is 2. The molecule has 3 rings (SSSR count). The Morgan fingerprint density at radius 3 is 2.83 bits per heavy atom. The van der Waals surface area contributed by atoms with E-state index in [1.165, 1.54) is 0 Å². The molecule has 0 saturated carbocycles. The fourth-order valence-electron chi connectivity index (χ4n) is 3.06. The van der Waals surface area contributed by atoms with Gasteiger partial charge in [-0.3, -0.25) is 9.69 Å². The number of amides is 1. The van der Waals surface area contributed by atoms with Crippen LogP contribution in [0.15, 0.2) is 36.7 Å². The van der Waals surface area contributed by atoms with E-state index in [1.54, 1.807) is 6.20 Å². The van der Waals surface area contributed by atoms with E-state index >= 15 is 0 Å². The highest BCUT2D eigenvalue weighted by atomic mass is 16.3. The lowest BCUT2D eigenvalue weighted by Gasteiger charge is -2.29. The van der Waals surface area contributed by atoms with Crippen molar-refractivity contribution >= 4 is 5.91 Å². The first-order chi connectivity index (χ1) is 11.6. The minimum absolute atomic E-state index is 0.00127. The van der Waals surface area contributed by atoms with Crippen molar-refractivity contribution in [2.24, 2.45) is 0 Å². The first-order valence-electron chi connectivity index (χ1n) is 8.38. The molecule has 128 valence electrons.